The van der Waals surface area contributed by atoms with Gasteiger partial charge >= 0.3 is 11.9 Å². The largest absolute Gasteiger partial charge is 0.464 e. The number of esters is 2. The third kappa shape index (κ3) is 3.71. The molecule has 0 atom stereocenters. The van der Waals surface area contributed by atoms with Crippen LogP contribution in [0, 0.1) is 12.3 Å². The molecule has 0 aromatic carbocycles. The highest BCUT2D eigenvalue weighted by molar-refractivity contribution is 6.05. The zero-order chi connectivity index (χ0) is 14.9. The first kappa shape index (κ1) is 17.5. The molecule has 0 spiro atoms. The molecule has 0 saturated carbocycles. The summed E-state index contributed by atoms with van der Waals surface area (Å²) in [7, 11) is 0. The molecule has 5 nitrogen and oxygen atoms in total. The summed E-state index contributed by atoms with van der Waals surface area (Å²) in [5, 5.41) is 0. The van der Waals surface area contributed by atoms with Crippen molar-refractivity contribution in [2.75, 3.05) is 26.3 Å². The van der Waals surface area contributed by atoms with Gasteiger partial charge < -0.3 is 9.47 Å². The van der Waals surface area contributed by atoms with Crippen LogP contribution in [0.5, 0.6) is 0 Å². The summed E-state index contributed by atoms with van der Waals surface area (Å²) in [5.74, 6) is 1.11. The van der Waals surface area contributed by atoms with E-state index in [1.807, 2.05) is 13.8 Å². The summed E-state index contributed by atoms with van der Waals surface area (Å²) in [6.45, 7) is 8.45. The van der Waals surface area contributed by atoms with Crippen molar-refractivity contribution in [1.82, 2.24) is 4.90 Å². The Morgan fingerprint density at radius 3 is 1.74 bits per heavy atom. The molecule has 0 amide bonds. The Morgan fingerprint density at radius 1 is 1.05 bits per heavy atom. The number of carbonyl (C=O) groups excluding carboxylic acids is 2. The summed E-state index contributed by atoms with van der Waals surface area (Å²) >= 11 is 0. The molecule has 0 heterocycles. The summed E-state index contributed by atoms with van der Waals surface area (Å²) < 4.78 is 10.1. The third-order valence-corrected chi connectivity index (χ3v) is 2.89. The second-order valence-electron chi connectivity index (χ2n) is 3.85. The summed E-state index contributed by atoms with van der Waals surface area (Å²) in [6.07, 6.45) is 5.27. The van der Waals surface area contributed by atoms with E-state index in [-0.39, 0.29) is 19.6 Å². The Bertz CT molecular complexity index is 324. The van der Waals surface area contributed by atoms with Crippen molar-refractivity contribution in [3.63, 3.8) is 0 Å². The minimum absolute atomic E-state index is 0.0631. The van der Waals surface area contributed by atoms with Gasteiger partial charge in [-0.1, -0.05) is 13.8 Å². The van der Waals surface area contributed by atoms with Gasteiger partial charge in [-0.05, 0) is 26.9 Å². The Labute approximate surface area is 115 Å². The molecule has 0 rings (SSSR count). The summed E-state index contributed by atoms with van der Waals surface area (Å²) in [6, 6.07) is 0. The van der Waals surface area contributed by atoms with Crippen LogP contribution in [-0.2, 0) is 19.1 Å². The van der Waals surface area contributed by atoms with E-state index in [9.17, 15) is 9.59 Å². The van der Waals surface area contributed by atoms with Gasteiger partial charge in [-0.3, -0.25) is 4.90 Å². The number of nitrogens with zero attached hydrogens (tertiary/aromatic N) is 1. The van der Waals surface area contributed by atoms with Crippen molar-refractivity contribution in [2.24, 2.45) is 0 Å². The van der Waals surface area contributed by atoms with Crippen LogP contribution in [0.1, 0.15) is 34.1 Å². The maximum absolute atomic E-state index is 12.3. The average molecular weight is 269 g/mol. The lowest BCUT2D eigenvalue weighted by Gasteiger charge is -2.37. The van der Waals surface area contributed by atoms with E-state index in [1.165, 1.54) is 0 Å². The van der Waals surface area contributed by atoms with E-state index < -0.39 is 17.5 Å². The molecule has 0 unspecified atom stereocenters. The van der Waals surface area contributed by atoms with Crippen molar-refractivity contribution in [1.29, 1.82) is 0 Å². The minimum atomic E-state index is -1.54. The standard InChI is InChI=1S/C14H23NO4/c1-6-11-14(12(16)18-9-4,13(17)19-10-5)15(7-2)8-3/h1H,7-11H2,2-5H3. The maximum Gasteiger partial charge on any atom is 0.339 e. The molecule has 0 aliphatic heterocycles. The molecule has 0 aliphatic rings. The molecule has 0 radical (unpaired) electrons. The molecule has 0 saturated heterocycles. The highest BCUT2D eigenvalue weighted by Crippen LogP contribution is 2.24. The fourth-order valence-electron chi connectivity index (χ4n) is 2.01. The van der Waals surface area contributed by atoms with Crippen molar-refractivity contribution in [2.45, 2.75) is 39.7 Å². The Kier molecular flexibility index (Phi) is 7.85. The second-order valence-corrected chi connectivity index (χ2v) is 3.85. The van der Waals surface area contributed by atoms with E-state index in [4.69, 9.17) is 15.9 Å². The van der Waals surface area contributed by atoms with Crippen molar-refractivity contribution >= 4 is 11.9 Å². The number of carbonyl (C=O) groups is 2. The van der Waals surface area contributed by atoms with Crippen LogP contribution in [0.15, 0.2) is 0 Å². The van der Waals surface area contributed by atoms with Gasteiger partial charge in [0.15, 0.2) is 0 Å². The van der Waals surface area contributed by atoms with E-state index in [0.717, 1.165) is 0 Å². The first-order valence-corrected chi connectivity index (χ1v) is 6.57. The van der Waals surface area contributed by atoms with Crippen molar-refractivity contribution in [3.8, 4) is 12.3 Å². The van der Waals surface area contributed by atoms with Gasteiger partial charge in [0, 0.05) is 6.42 Å². The first-order chi connectivity index (χ1) is 9.04. The van der Waals surface area contributed by atoms with Gasteiger partial charge in [-0.15, -0.1) is 12.3 Å². The Morgan fingerprint density at radius 2 is 1.47 bits per heavy atom. The number of terminal acetylenes is 1. The van der Waals surface area contributed by atoms with E-state index in [1.54, 1.807) is 18.7 Å². The normalized spacial score (nSPS) is 10.9. The van der Waals surface area contributed by atoms with Crippen molar-refractivity contribution in [3.05, 3.63) is 0 Å². The lowest BCUT2D eigenvalue weighted by atomic mass is 9.92. The first-order valence-electron chi connectivity index (χ1n) is 6.57. The number of likely N-dealkylation sites (N-methyl/N-ethyl adjacent to an activating group) is 1. The fourth-order valence-corrected chi connectivity index (χ4v) is 2.01. The van der Waals surface area contributed by atoms with Crippen LogP contribution in [-0.4, -0.2) is 48.7 Å². The molecule has 0 aromatic rings. The zero-order valence-corrected chi connectivity index (χ0v) is 12.2. The van der Waals surface area contributed by atoms with Crippen LogP contribution in [0.2, 0.25) is 0 Å². The number of rotatable bonds is 8. The number of hydrogen-bond acceptors (Lipinski definition) is 5. The average Bonchev–Trinajstić information content (AvgIpc) is 2.39. The van der Waals surface area contributed by atoms with Gasteiger partial charge in [0.05, 0.1) is 13.2 Å². The fraction of sp³-hybridized carbons (Fsp3) is 0.714. The van der Waals surface area contributed by atoms with Gasteiger partial charge in [0.1, 0.15) is 0 Å². The predicted molar refractivity (Wildman–Crippen MR) is 72.4 cm³/mol. The lowest BCUT2D eigenvalue weighted by molar-refractivity contribution is -0.174. The predicted octanol–water partition coefficient (Wildman–Crippen LogP) is 1.22. The lowest BCUT2D eigenvalue weighted by Crippen LogP contribution is -2.61. The summed E-state index contributed by atoms with van der Waals surface area (Å²) in [4.78, 5) is 26.2. The van der Waals surface area contributed by atoms with E-state index in [0.29, 0.717) is 13.1 Å². The molecule has 0 bridgehead atoms. The monoisotopic (exact) mass is 269 g/mol. The quantitative estimate of drug-likeness (QED) is 0.377. The van der Waals surface area contributed by atoms with Gasteiger partial charge in [0.25, 0.3) is 0 Å². The Hall–Kier alpha value is -1.54. The van der Waals surface area contributed by atoms with Gasteiger partial charge in [-0.2, -0.15) is 0 Å². The van der Waals surface area contributed by atoms with Crippen molar-refractivity contribution < 1.29 is 19.1 Å². The molecule has 108 valence electrons. The zero-order valence-electron chi connectivity index (χ0n) is 12.2. The number of ether oxygens (including phenoxy) is 2. The highest BCUT2D eigenvalue weighted by atomic mass is 16.6. The summed E-state index contributed by atoms with van der Waals surface area (Å²) in [5.41, 5.74) is -1.54. The minimum Gasteiger partial charge on any atom is -0.464 e. The van der Waals surface area contributed by atoms with Crippen LogP contribution in [0.4, 0.5) is 0 Å². The molecule has 0 aliphatic carbocycles. The van der Waals surface area contributed by atoms with Crippen LogP contribution in [0.25, 0.3) is 0 Å². The SMILES string of the molecule is C#CCC(C(=O)OCC)(C(=O)OCC)N(CC)CC. The topological polar surface area (TPSA) is 55.8 Å². The van der Waals surface area contributed by atoms with Crippen LogP contribution >= 0.6 is 0 Å². The number of hydrogen-bond donors (Lipinski definition) is 0. The Balaban J connectivity index is 5.65. The molecular weight excluding hydrogens is 246 g/mol. The van der Waals surface area contributed by atoms with Gasteiger partial charge in [-0.25, -0.2) is 9.59 Å². The van der Waals surface area contributed by atoms with Crippen LogP contribution < -0.4 is 0 Å². The van der Waals surface area contributed by atoms with E-state index in [2.05, 4.69) is 5.92 Å². The highest BCUT2D eigenvalue weighted by Gasteiger charge is 2.52. The van der Waals surface area contributed by atoms with Crippen LogP contribution in [0.3, 0.4) is 0 Å². The molecule has 0 aromatic heterocycles. The smallest absolute Gasteiger partial charge is 0.339 e. The molecule has 5 heteroatoms. The molecule has 19 heavy (non-hydrogen) atoms. The molecule has 0 fully saturated rings. The molecular formula is C14H23NO4. The molecule has 0 N–H and O–H groups in total. The van der Waals surface area contributed by atoms with E-state index >= 15 is 0 Å². The maximum atomic E-state index is 12.3. The third-order valence-electron chi connectivity index (χ3n) is 2.89. The second kappa shape index (κ2) is 8.54. The van der Waals surface area contributed by atoms with Gasteiger partial charge in [0.2, 0.25) is 5.54 Å².